The van der Waals surface area contributed by atoms with Gasteiger partial charge in [-0.3, -0.25) is 9.78 Å². The van der Waals surface area contributed by atoms with Crippen molar-refractivity contribution in [1.82, 2.24) is 9.97 Å². The molecule has 0 bridgehead atoms. The molecule has 0 saturated heterocycles. The fraction of sp³-hybridized carbons (Fsp3) is 0.0870. The number of fused-ring (bicyclic) bond motifs is 1. The lowest BCUT2D eigenvalue weighted by Crippen LogP contribution is -1.90. The molecule has 0 fully saturated rings. The second-order valence-electron chi connectivity index (χ2n) is 6.24. The van der Waals surface area contributed by atoms with Gasteiger partial charge in [0, 0.05) is 29.9 Å². The Bertz CT molecular complexity index is 1140. The van der Waals surface area contributed by atoms with E-state index < -0.39 is 0 Å². The second-order valence-corrected chi connectivity index (χ2v) is 8.73. The van der Waals surface area contributed by atoms with Crippen LogP contribution in [0.3, 0.4) is 0 Å². The number of nitrogens with zero attached hydrogens (tertiary/aromatic N) is 2. The number of benzene rings is 2. The predicted octanol–water partition coefficient (Wildman–Crippen LogP) is 6.70. The molecule has 2 heterocycles. The number of carbonyl (C=O) groups excluding carboxylic acids is 1. The Kier molecular flexibility index (Phi) is 7.12. The van der Waals surface area contributed by atoms with Crippen LogP contribution in [0.1, 0.15) is 23.0 Å². The van der Waals surface area contributed by atoms with Gasteiger partial charge < -0.3 is 0 Å². The summed E-state index contributed by atoms with van der Waals surface area (Å²) < 4.78 is 2.32. The molecule has 4 rings (SSSR count). The highest BCUT2D eigenvalue weighted by Gasteiger charge is 2.04. The smallest absolute Gasteiger partial charge is 0.159 e. The SMILES string of the molecule is CC(=O)c1cccc(I)c1.Cc1nccc2ccc(-c3cccc(I)c3)nc12. The van der Waals surface area contributed by atoms with Gasteiger partial charge in [-0.25, -0.2) is 4.98 Å². The molecule has 0 amide bonds. The van der Waals surface area contributed by atoms with Crippen LogP contribution in [0, 0.1) is 14.1 Å². The van der Waals surface area contributed by atoms with E-state index in [4.69, 9.17) is 4.98 Å². The standard InChI is InChI=1S/C15H11IN2.C8H7IO/c1-10-15-11(7-8-17-10)5-6-14(18-15)12-3-2-4-13(16)9-12;1-6(10)7-3-2-4-8(9)5-7/h2-9H,1H3;2-5H,1H3. The molecule has 0 atom stereocenters. The van der Waals surface area contributed by atoms with Crippen molar-refractivity contribution in [3.8, 4) is 11.3 Å². The van der Waals surface area contributed by atoms with Gasteiger partial charge in [0.2, 0.25) is 0 Å². The molecule has 2 aromatic heterocycles. The fourth-order valence-electron chi connectivity index (χ4n) is 2.70. The van der Waals surface area contributed by atoms with Gasteiger partial charge >= 0.3 is 0 Å². The summed E-state index contributed by atoms with van der Waals surface area (Å²) in [6, 6.07) is 22.1. The Balaban J connectivity index is 0.000000192. The molecule has 3 nitrogen and oxygen atoms in total. The van der Waals surface area contributed by atoms with Crippen LogP contribution in [0.15, 0.2) is 72.9 Å². The summed E-state index contributed by atoms with van der Waals surface area (Å²) in [5.74, 6) is 0.124. The molecule has 0 saturated carbocycles. The lowest BCUT2D eigenvalue weighted by molar-refractivity contribution is 0.101. The Hall–Kier alpha value is -1.87. The van der Waals surface area contributed by atoms with Crippen LogP contribution < -0.4 is 0 Å². The maximum Gasteiger partial charge on any atom is 0.159 e. The number of carbonyl (C=O) groups is 1. The minimum atomic E-state index is 0.124. The Morgan fingerprint density at radius 2 is 1.61 bits per heavy atom. The molecule has 5 heteroatoms. The first-order valence-corrected chi connectivity index (χ1v) is 10.8. The monoisotopic (exact) mass is 592 g/mol. The van der Waals surface area contributed by atoms with E-state index in [2.05, 4.69) is 86.6 Å². The largest absolute Gasteiger partial charge is 0.295 e. The zero-order chi connectivity index (χ0) is 20.1. The number of aromatic nitrogens is 2. The van der Waals surface area contributed by atoms with Crippen molar-refractivity contribution in [2.75, 3.05) is 0 Å². The molecule has 0 unspecified atom stereocenters. The van der Waals surface area contributed by atoms with Crippen molar-refractivity contribution in [1.29, 1.82) is 0 Å². The van der Waals surface area contributed by atoms with Gasteiger partial charge in [-0.05, 0) is 95.4 Å². The molecule has 0 aliphatic rings. The number of hydrogen-bond acceptors (Lipinski definition) is 3. The highest BCUT2D eigenvalue weighted by atomic mass is 127. The first-order chi connectivity index (χ1) is 13.4. The van der Waals surface area contributed by atoms with Crippen LogP contribution in [-0.2, 0) is 0 Å². The van der Waals surface area contributed by atoms with E-state index in [-0.39, 0.29) is 5.78 Å². The maximum atomic E-state index is 10.8. The summed E-state index contributed by atoms with van der Waals surface area (Å²) in [6.45, 7) is 3.57. The van der Waals surface area contributed by atoms with Crippen molar-refractivity contribution in [3.05, 3.63) is 91.3 Å². The molecule has 28 heavy (non-hydrogen) atoms. The van der Waals surface area contributed by atoms with Gasteiger partial charge in [-0.2, -0.15) is 0 Å². The van der Waals surface area contributed by atoms with Crippen LogP contribution >= 0.6 is 45.2 Å². The molecule has 2 aromatic carbocycles. The van der Waals surface area contributed by atoms with E-state index >= 15 is 0 Å². The van der Waals surface area contributed by atoms with E-state index in [0.717, 1.165) is 37.0 Å². The normalized spacial score (nSPS) is 10.3. The van der Waals surface area contributed by atoms with Crippen molar-refractivity contribution in [3.63, 3.8) is 0 Å². The lowest BCUT2D eigenvalue weighted by Gasteiger charge is -2.05. The summed E-state index contributed by atoms with van der Waals surface area (Å²) in [5.41, 5.74) is 4.88. The van der Waals surface area contributed by atoms with E-state index in [0.29, 0.717) is 0 Å². The summed E-state index contributed by atoms with van der Waals surface area (Å²) in [7, 11) is 0. The minimum absolute atomic E-state index is 0.124. The predicted molar refractivity (Wildman–Crippen MR) is 132 cm³/mol. The van der Waals surface area contributed by atoms with Gasteiger partial charge in [0.05, 0.1) is 16.9 Å². The highest BCUT2D eigenvalue weighted by molar-refractivity contribution is 14.1. The minimum Gasteiger partial charge on any atom is -0.295 e. The van der Waals surface area contributed by atoms with Crippen LogP contribution in [-0.4, -0.2) is 15.8 Å². The number of aryl methyl sites for hydroxylation is 1. The third-order valence-electron chi connectivity index (χ3n) is 4.14. The Morgan fingerprint density at radius 1 is 0.893 bits per heavy atom. The molecular formula is C23H18I2N2O. The van der Waals surface area contributed by atoms with Gasteiger partial charge in [0.1, 0.15) is 0 Å². The van der Waals surface area contributed by atoms with Gasteiger partial charge in [-0.15, -0.1) is 0 Å². The van der Waals surface area contributed by atoms with Gasteiger partial charge in [-0.1, -0.05) is 30.3 Å². The van der Waals surface area contributed by atoms with Crippen molar-refractivity contribution >= 4 is 61.9 Å². The average Bonchev–Trinajstić information content (AvgIpc) is 2.68. The molecule has 140 valence electrons. The van der Waals surface area contributed by atoms with Gasteiger partial charge in [0.25, 0.3) is 0 Å². The van der Waals surface area contributed by atoms with Crippen LogP contribution in [0.2, 0.25) is 0 Å². The zero-order valence-electron chi connectivity index (χ0n) is 15.5. The number of pyridine rings is 2. The quantitative estimate of drug-likeness (QED) is 0.192. The molecule has 0 aliphatic carbocycles. The van der Waals surface area contributed by atoms with Crippen LogP contribution in [0.4, 0.5) is 0 Å². The lowest BCUT2D eigenvalue weighted by atomic mass is 10.1. The number of Topliss-reactive ketones (excluding diaryl/α,β-unsaturated/α-hetero) is 1. The first kappa shape index (κ1) is 20.9. The van der Waals surface area contributed by atoms with Gasteiger partial charge in [0.15, 0.2) is 5.78 Å². The third-order valence-corrected chi connectivity index (χ3v) is 5.48. The second kappa shape index (κ2) is 9.56. The fourth-order valence-corrected chi connectivity index (χ4v) is 3.79. The number of rotatable bonds is 2. The van der Waals surface area contributed by atoms with Crippen molar-refractivity contribution < 1.29 is 4.79 Å². The van der Waals surface area contributed by atoms with E-state index in [1.807, 2.05) is 43.5 Å². The van der Waals surface area contributed by atoms with Crippen molar-refractivity contribution in [2.45, 2.75) is 13.8 Å². The van der Waals surface area contributed by atoms with Crippen molar-refractivity contribution in [2.24, 2.45) is 0 Å². The topological polar surface area (TPSA) is 42.9 Å². The summed E-state index contributed by atoms with van der Waals surface area (Å²) >= 11 is 4.50. The van der Waals surface area contributed by atoms with Crippen LogP contribution in [0.5, 0.6) is 0 Å². The van der Waals surface area contributed by atoms with E-state index in [1.165, 1.54) is 3.57 Å². The average molecular weight is 592 g/mol. The zero-order valence-corrected chi connectivity index (χ0v) is 19.8. The van der Waals surface area contributed by atoms with E-state index in [9.17, 15) is 4.79 Å². The molecule has 0 radical (unpaired) electrons. The number of hydrogen-bond donors (Lipinski definition) is 0. The molecule has 0 N–H and O–H groups in total. The first-order valence-electron chi connectivity index (χ1n) is 8.69. The Morgan fingerprint density at radius 3 is 2.25 bits per heavy atom. The third kappa shape index (κ3) is 5.35. The maximum absolute atomic E-state index is 10.8. The molecule has 0 aliphatic heterocycles. The van der Waals surface area contributed by atoms with E-state index in [1.54, 1.807) is 6.92 Å². The summed E-state index contributed by atoms with van der Waals surface area (Å²) in [4.78, 5) is 19.8. The molecule has 0 spiro atoms. The highest BCUT2D eigenvalue weighted by Crippen LogP contribution is 2.23. The number of ketones is 1. The molecular weight excluding hydrogens is 574 g/mol. The Labute approximate surface area is 191 Å². The molecule has 4 aromatic rings. The summed E-state index contributed by atoms with van der Waals surface area (Å²) in [6.07, 6.45) is 1.82. The van der Waals surface area contributed by atoms with Crippen LogP contribution in [0.25, 0.3) is 22.2 Å². The summed E-state index contributed by atoms with van der Waals surface area (Å²) in [5, 5.41) is 1.14. The number of halogens is 2.